The Kier molecular flexibility index (Phi) is 5.67. The van der Waals surface area contributed by atoms with Crippen LogP contribution >= 0.6 is 0 Å². The van der Waals surface area contributed by atoms with E-state index in [1.165, 1.54) is 11.1 Å². The van der Waals surface area contributed by atoms with E-state index in [1.807, 2.05) is 55.3 Å². The minimum absolute atomic E-state index is 0.00627. The molecule has 0 unspecified atom stereocenters. The Balaban J connectivity index is 1.79. The Morgan fingerprint density at radius 3 is 2.68 bits per heavy atom. The van der Waals surface area contributed by atoms with Gasteiger partial charge >= 0.3 is 0 Å². The van der Waals surface area contributed by atoms with Crippen LogP contribution in [0.15, 0.2) is 42.6 Å². The predicted octanol–water partition coefficient (Wildman–Crippen LogP) is 2.81. The molecule has 116 valence electrons. The maximum Gasteiger partial charge on any atom is 0.238 e. The average Bonchev–Trinajstić information content (AvgIpc) is 2.50. The molecule has 1 N–H and O–H groups in total. The number of benzene rings is 1. The van der Waals surface area contributed by atoms with Crippen molar-refractivity contribution < 1.29 is 4.79 Å². The molecule has 0 saturated heterocycles. The predicted molar refractivity (Wildman–Crippen MR) is 90.0 cm³/mol. The van der Waals surface area contributed by atoms with Gasteiger partial charge in [-0.25, -0.2) is 0 Å². The van der Waals surface area contributed by atoms with Gasteiger partial charge in [0.2, 0.25) is 5.91 Å². The van der Waals surface area contributed by atoms with Gasteiger partial charge in [-0.05, 0) is 56.3 Å². The largest absolute Gasteiger partial charge is 0.325 e. The van der Waals surface area contributed by atoms with Crippen molar-refractivity contribution in [1.82, 2.24) is 9.88 Å². The molecular formula is C18H23N3O. The van der Waals surface area contributed by atoms with Crippen molar-refractivity contribution in [2.75, 3.05) is 25.5 Å². The van der Waals surface area contributed by atoms with E-state index in [9.17, 15) is 4.79 Å². The van der Waals surface area contributed by atoms with Gasteiger partial charge in [0, 0.05) is 30.5 Å². The number of aromatic nitrogens is 1. The number of carbonyl (C=O) groups is 1. The summed E-state index contributed by atoms with van der Waals surface area (Å²) in [4.78, 5) is 18.4. The van der Waals surface area contributed by atoms with E-state index in [2.05, 4.69) is 17.2 Å². The molecule has 1 heterocycles. The monoisotopic (exact) mass is 297 g/mol. The smallest absolute Gasteiger partial charge is 0.238 e. The second kappa shape index (κ2) is 7.71. The minimum atomic E-state index is 0.00627. The Bertz CT molecular complexity index is 625. The zero-order valence-electron chi connectivity index (χ0n) is 13.5. The molecule has 4 heteroatoms. The van der Waals surface area contributed by atoms with Crippen molar-refractivity contribution in [3.63, 3.8) is 0 Å². The number of pyridine rings is 1. The van der Waals surface area contributed by atoms with Crippen molar-refractivity contribution in [1.29, 1.82) is 0 Å². The molecule has 0 aliphatic rings. The first-order valence-corrected chi connectivity index (χ1v) is 7.50. The van der Waals surface area contributed by atoms with Crippen LogP contribution < -0.4 is 5.32 Å². The quantitative estimate of drug-likeness (QED) is 0.892. The molecule has 2 rings (SSSR count). The Labute approximate surface area is 132 Å². The number of carbonyl (C=O) groups excluding carboxylic acids is 1. The normalized spacial score (nSPS) is 10.7. The lowest BCUT2D eigenvalue weighted by Gasteiger charge is -2.16. The number of amides is 1. The summed E-state index contributed by atoms with van der Waals surface area (Å²) in [7, 11) is 1.95. The van der Waals surface area contributed by atoms with Crippen molar-refractivity contribution >= 4 is 11.6 Å². The molecule has 0 bridgehead atoms. The van der Waals surface area contributed by atoms with Crippen LogP contribution in [0.2, 0.25) is 0 Å². The van der Waals surface area contributed by atoms with Gasteiger partial charge in [0.05, 0.1) is 6.54 Å². The minimum Gasteiger partial charge on any atom is -0.325 e. The molecule has 1 aromatic carbocycles. The summed E-state index contributed by atoms with van der Waals surface area (Å²) in [6.07, 6.45) is 2.63. The fourth-order valence-electron chi connectivity index (χ4n) is 2.20. The molecule has 4 nitrogen and oxygen atoms in total. The van der Waals surface area contributed by atoms with Crippen LogP contribution in [0.3, 0.4) is 0 Å². The lowest BCUT2D eigenvalue weighted by Crippen LogP contribution is -2.31. The maximum absolute atomic E-state index is 12.1. The molecule has 1 aromatic heterocycles. The van der Waals surface area contributed by atoms with Gasteiger partial charge in [-0.1, -0.05) is 12.1 Å². The lowest BCUT2D eigenvalue weighted by molar-refractivity contribution is -0.117. The standard InChI is InChI=1S/C18H23N3O/c1-14-7-8-17(12-15(14)2)20-18(22)13-21(3)11-9-16-6-4-5-10-19-16/h4-8,10,12H,9,11,13H2,1-3H3,(H,20,22). The third kappa shape index (κ3) is 4.97. The van der Waals surface area contributed by atoms with Crippen molar-refractivity contribution in [2.24, 2.45) is 0 Å². The highest BCUT2D eigenvalue weighted by Gasteiger charge is 2.08. The SMILES string of the molecule is Cc1ccc(NC(=O)CN(C)CCc2ccccn2)cc1C. The van der Waals surface area contributed by atoms with Crippen LogP contribution in [0, 0.1) is 13.8 Å². The molecule has 1 amide bonds. The van der Waals surface area contributed by atoms with Gasteiger partial charge in [0.1, 0.15) is 0 Å². The number of nitrogens with one attached hydrogen (secondary N) is 1. The van der Waals surface area contributed by atoms with Crippen LogP contribution in [0.4, 0.5) is 5.69 Å². The van der Waals surface area contributed by atoms with Crippen LogP contribution in [0.1, 0.15) is 16.8 Å². The van der Waals surface area contributed by atoms with Crippen molar-refractivity contribution in [2.45, 2.75) is 20.3 Å². The number of hydrogen-bond donors (Lipinski definition) is 1. The van der Waals surface area contributed by atoms with Gasteiger partial charge in [-0.15, -0.1) is 0 Å². The van der Waals surface area contributed by atoms with E-state index in [0.29, 0.717) is 6.54 Å². The van der Waals surface area contributed by atoms with Gasteiger partial charge in [-0.2, -0.15) is 0 Å². The van der Waals surface area contributed by atoms with Crippen molar-refractivity contribution in [3.05, 3.63) is 59.4 Å². The molecule has 0 radical (unpaired) electrons. The average molecular weight is 297 g/mol. The number of hydrogen-bond acceptors (Lipinski definition) is 3. The third-order valence-electron chi connectivity index (χ3n) is 3.68. The van der Waals surface area contributed by atoms with E-state index in [-0.39, 0.29) is 5.91 Å². The van der Waals surface area contributed by atoms with Gasteiger partial charge < -0.3 is 5.32 Å². The van der Waals surface area contributed by atoms with Crippen LogP contribution in [0.25, 0.3) is 0 Å². The number of nitrogens with zero attached hydrogens (tertiary/aromatic N) is 2. The summed E-state index contributed by atoms with van der Waals surface area (Å²) >= 11 is 0. The Hall–Kier alpha value is -2.20. The summed E-state index contributed by atoms with van der Waals surface area (Å²) in [6, 6.07) is 11.9. The van der Waals surface area contributed by atoms with Crippen LogP contribution in [0.5, 0.6) is 0 Å². The van der Waals surface area contributed by atoms with Gasteiger partial charge in [-0.3, -0.25) is 14.7 Å². The molecule has 0 fully saturated rings. The fraction of sp³-hybridized carbons (Fsp3) is 0.333. The highest BCUT2D eigenvalue weighted by molar-refractivity contribution is 5.92. The van der Waals surface area contributed by atoms with Crippen LogP contribution in [-0.4, -0.2) is 35.9 Å². The fourth-order valence-corrected chi connectivity index (χ4v) is 2.20. The second-order valence-corrected chi connectivity index (χ2v) is 5.66. The summed E-state index contributed by atoms with van der Waals surface area (Å²) < 4.78 is 0. The number of aryl methyl sites for hydroxylation is 2. The molecule has 0 aliphatic carbocycles. The lowest BCUT2D eigenvalue weighted by atomic mass is 10.1. The second-order valence-electron chi connectivity index (χ2n) is 5.66. The van der Waals surface area contributed by atoms with Gasteiger partial charge in [0.25, 0.3) is 0 Å². The Morgan fingerprint density at radius 1 is 1.18 bits per heavy atom. The first kappa shape index (κ1) is 16.2. The Morgan fingerprint density at radius 2 is 2.00 bits per heavy atom. The summed E-state index contributed by atoms with van der Waals surface area (Å²) in [6.45, 7) is 5.29. The summed E-state index contributed by atoms with van der Waals surface area (Å²) in [5.74, 6) is 0.00627. The van der Waals surface area contributed by atoms with E-state index < -0.39 is 0 Å². The first-order valence-electron chi connectivity index (χ1n) is 7.50. The zero-order valence-corrected chi connectivity index (χ0v) is 13.5. The number of likely N-dealkylation sites (N-methyl/N-ethyl adjacent to an activating group) is 1. The molecule has 0 spiro atoms. The van der Waals surface area contributed by atoms with E-state index in [4.69, 9.17) is 0 Å². The van der Waals surface area contributed by atoms with E-state index in [0.717, 1.165) is 24.3 Å². The molecule has 0 saturated carbocycles. The molecule has 0 atom stereocenters. The molecule has 22 heavy (non-hydrogen) atoms. The summed E-state index contributed by atoms with van der Waals surface area (Å²) in [5.41, 5.74) is 4.31. The first-order chi connectivity index (χ1) is 10.5. The molecular weight excluding hydrogens is 274 g/mol. The third-order valence-corrected chi connectivity index (χ3v) is 3.68. The molecule has 0 aliphatic heterocycles. The van der Waals surface area contributed by atoms with E-state index >= 15 is 0 Å². The highest BCUT2D eigenvalue weighted by atomic mass is 16.2. The number of anilines is 1. The topological polar surface area (TPSA) is 45.2 Å². The van der Waals surface area contributed by atoms with Crippen LogP contribution in [-0.2, 0) is 11.2 Å². The van der Waals surface area contributed by atoms with E-state index in [1.54, 1.807) is 6.20 Å². The molecule has 2 aromatic rings. The van der Waals surface area contributed by atoms with Crippen molar-refractivity contribution in [3.8, 4) is 0 Å². The zero-order chi connectivity index (χ0) is 15.9. The highest BCUT2D eigenvalue weighted by Crippen LogP contribution is 2.14. The number of rotatable bonds is 6. The maximum atomic E-state index is 12.1. The van der Waals surface area contributed by atoms with Gasteiger partial charge in [0.15, 0.2) is 0 Å². The summed E-state index contributed by atoms with van der Waals surface area (Å²) in [5, 5.41) is 2.94.